The second kappa shape index (κ2) is 6.86. The maximum Gasteiger partial charge on any atom is 0.265 e. The second-order valence-corrected chi connectivity index (χ2v) is 7.08. The number of amides is 1. The molecule has 5 nitrogen and oxygen atoms in total. The molecule has 3 rings (SSSR count). The molecule has 0 unspecified atom stereocenters. The summed E-state index contributed by atoms with van der Waals surface area (Å²) in [6.07, 6.45) is 0.857. The highest BCUT2D eigenvalue weighted by Crippen LogP contribution is 2.24. The van der Waals surface area contributed by atoms with E-state index in [1.165, 1.54) is 11.3 Å². The van der Waals surface area contributed by atoms with E-state index in [0.29, 0.717) is 29.6 Å². The minimum atomic E-state index is 0.0192. The van der Waals surface area contributed by atoms with Gasteiger partial charge >= 0.3 is 0 Å². The molecule has 1 aliphatic heterocycles. The minimum Gasteiger partial charge on any atom is -0.486 e. The van der Waals surface area contributed by atoms with Gasteiger partial charge < -0.3 is 15.4 Å². The summed E-state index contributed by atoms with van der Waals surface area (Å²) in [5.74, 6) is 0.742. The van der Waals surface area contributed by atoms with Crippen LogP contribution < -0.4 is 10.5 Å². The number of carbonyl (C=O) groups is 1. The van der Waals surface area contributed by atoms with E-state index in [9.17, 15) is 4.79 Å². The summed E-state index contributed by atoms with van der Waals surface area (Å²) in [5.41, 5.74) is 6.62. The van der Waals surface area contributed by atoms with Crippen molar-refractivity contribution in [2.45, 2.75) is 26.0 Å². The van der Waals surface area contributed by atoms with Crippen LogP contribution in [0.3, 0.4) is 0 Å². The number of halogens is 1. The zero-order valence-electron chi connectivity index (χ0n) is 12.8. The van der Waals surface area contributed by atoms with Gasteiger partial charge in [-0.3, -0.25) is 4.79 Å². The fraction of sp³-hybridized carbons (Fsp3) is 0.375. The third-order valence-electron chi connectivity index (χ3n) is 3.72. The van der Waals surface area contributed by atoms with Gasteiger partial charge in [-0.25, -0.2) is 4.98 Å². The van der Waals surface area contributed by atoms with E-state index >= 15 is 0 Å². The van der Waals surface area contributed by atoms with Crippen molar-refractivity contribution in [3.63, 3.8) is 0 Å². The van der Waals surface area contributed by atoms with Gasteiger partial charge in [-0.15, -0.1) is 11.3 Å². The third-order valence-corrected chi connectivity index (χ3v) is 5.09. The van der Waals surface area contributed by atoms with Gasteiger partial charge in [0.1, 0.15) is 22.2 Å². The van der Waals surface area contributed by atoms with Gasteiger partial charge in [0, 0.05) is 24.2 Å². The molecule has 0 saturated carbocycles. The summed E-state index contributed by atoms with van der Waals surface area (Å²) in [7, 11) is 0. The maximum atomic E-state index is 12.5. The molecule has 23 heavy (non-hydrogen) atoms. The Morgan fingerprint density at radius 3 is 2.87 bits per heavy atom. The average molecular weight is 352 g/mol. The van der Waals surface area contributed by atoms with Crippen LogP contribution in [0.5, 0.6) is 5.75 Å². The van der Waals surface area contributed by atoms with Crippen LogP contribution in [-0.4, -0.2) is 34.9 Å². The Labute approximate surface area is 144 Å². The SMILES string of the molecule is Cc1nc(COc2ccc(Cl)cc2)sc1C(=O)N1CC[C@@H](N)C1. The van der Waals surface area contributed by atoms with E-state index in [1.54, 1.807) is 29.2 Å². The van der Waals surface area contributed by atoms with Crippen LogP contribution in [0.25, 0.3) is 0 Å². The molecule has 0 aliphatic carbocycles. The van der Waals surface area contributed by atoms with Gasteiger partial charge in [0.15, 0.2) is 0 Å². The molecule has 0 spiro atoms. The fourth-order valence-corrected chi connectivity index (χ4v) is 3.58. The van der Waals surface area contributed by atoms with Crippen molar-refractivity contribution in [3.05, 3.63) is 44.9 Å². The largest absolute Gasteiger partial charge is 0.486 e. The zero-order valence-corrected chi connectivity index (χ0v) is 14.4. The molecule has 122 valence electrons. The number of hydrogen-bond donors (Lipinski definition) is 1. The molecule has 7 heteroatoms. The van der Waals surface area contributed by atoms with Crippen LogP contribution in [0.2, 0.25) is 5.02 Å². The van der Waals surface area contributed by atoms with Crippen molar-refractivity contribution in [3.8, 4) is 5.75 Å². The number of nitrogens with zero attached hydrogens (tertiary/aromatic N) is 2. The normalized spacial score (nSPS) is 17.5. The Morgan fingerprint density at radius 2 is 2.22 bits per heavy atom. The molecule has 1 aromatic heterocycles. The van der Waals surface area contributed by atoms with E-state index in [2.05, 4.69) is 4.98 Å². The third kappa shape index (κ3) is 3.83. The summed E-state index contributed by atoms with van der Waals surface area (Å²) in [4.78, 5) is 19.4. The minimum absolute atomic E-state index is 0.0192. The number of benzene rings is 1. The van der Waals surface area contributed by atoms with Gasteiger partial charge in [0.05, 0.1) is 5.69 Å². The smallest absolute Gasteiger partial charge is 0.265 e. The molecule has 1 amide bonds. The molecule has 0 bridgehead atoms. The van der Waals surface area contributed by atoms with Crippen LogP contribution in [0.4, 0.5) is 0 Å². The van der Waals surface area contributed by atoms with Crippen LogP contribution >= 0.6 is 22.9 Å². The summed E-state index contributed by atoms with van der Waals surface area (Å²) in [5, 5.41) is 1.45. The van der Waals surface area contributed by atoms with Crippen molar-refractivity contribution < 1.29 is 9.53 Å². The van der Waals surface area contributed by atoms with E-state index in [1.807, 2.05) is 6.92 Å². The number of rotatable bonds is 4. The van der Waals surface area contributed by atoms with Gasteiger partial charge in [-0.2, -0.15) is 0 Å². The first-order chi connectivity index (χ1) is 11.0. The van der Waals surface area contributed by atoms with E-state index in [4.69, 9.17) is 22.1 Å². The van der Waals surface area contributed by atoms with Crippen LogP contribution in [-0.2, 0) is 6.61 Å². The topological polar surface area (TPSA) is 68.5 Å². The number of likely N-dealkylation sites (tertiary alicyclic amines) is 1. The van der Waals surface area contributed by atoms with Crippen LogP contribution in [0.15, 0.2) is 24.3 Å². The molecule has 1 atom stereocenters. The summed E-state index contributed by atoms with van der Waals surface area (Å²) in [6.45, 7) is 3.52. The van der Waals surface area contributed by atoms with Gasteiger partial charge in [-0.05, 0) is 37.6 Å². The molecule has 0 radical (unpaired) electrons. The maximum absolute atomic E-state index is 12.5. The lowest BCUT2D eigenvalue weighted by atomic mass is 10.3. The molecule has 2 aromatic rings. The van der Waals surface area contributed by atoms with Crippen molar-refractivity contribution in [1.82, 2.24) is 9.88 Å². The van der Waals surface area contributed by atoms with E-state index in [0.717, 1.165) is 22.9 Å². The number of hydrogen-bond acceptors (Lipinski definition) is 5. The van der Waals surface area contributed by atoms with Crippen molar-refractivity contribution in [1.29, 1.82) is 0 Å². The standard InChI is InChI=1S/C16H18ClN3O2S/c1-10-15(16(21)20-7-6-12(18)8-20)23-14(19-10)9-22-13-4-2-11(17)3-5-13/h2-5,12H,6-9,18H2,1H3/t12-/m1/s1. The molecule has 2 heterocycles. The summed E-state index contributed by atoms with van der Waals surface area (Å²) in [6, 6.07) is 7.24. The first-order valence-corrected chi connectivity index (χ1v) is 8.62. The Bertz CT molecular complexity index is 702. The second-order valence-electron chi connectivity index (χ2n) is 5.56. The Kier molecular flexibility index (Phi) is 4.84. The highest BCUT2D eigenvalue weighted by Gasteiger charge is 2.27. The van der Waals surface area contributed by atoms with Gasteiger partial charge in [0.2, 0.25) is 0 Å². The van der Waals surface area contributed by atoms with Crippen molar-refractivity contribution in [2.24, 2.45) is 5.73 Å². The predicted molar refractivity (Wildman–Crippen MR) is 91.1 cm³/mol. The fourth-order valence-electron chi connectivity index (χ4n) is 2.50. The first-order valence-electron chi connectivity index (χ1n) is 7.42. The Hall–Kier alpha value is -1.63. The van der Waals surface area contributed by atoms with Crippen molar-refractivity contribution >= 4 is 28.8 Å². The van der Waals surface area contributed by atoms with E-state index in [-0.39, 0.29) is 11.9 Å². The average Bonchev–Trinajstić information content (AvgIpc) is 3.12. The lowest BCUT2D eigenvalue weighted by molar-refractivity contribution is 0.0794. The predicted octanol–water partition coefficient (Wildman–Crippen LogP) is 2.86. The summed E-state index contributed by atoms with van der Waals surface area (Å²) < 4.78 is 5.68. The number of aromatic nitrogens is 1. The Balaban J connectivity index is 1.66. The van der Waals surface area contributed by atoms with Gasteiger partial charge in [-0.1, -0.05) is 11.6 Å². The Morgan fingerprint density at radius 1 is 1.48 bits per heavy atom. The van der Waals surface area contributed by atoms with Gasteiger partial charge in [0.25, 0.3) is 5.91 Å². The number of aryl methyl sites for hydroxylation is 1. The van der Waals surface area contributed by atoms with Crippen LogP contribution in [0.1, 0.15) is 26.8 Å². The molecular weight excluding hydrogens is 334 g/mol. The summed E-state index contributed by atoms with van der Waals surface area (Å²) >= 11 is 7.23. The number of carbonyl (C=O) groups excluding carboxylic acids is 1. The lowest BCUT2D eigenvalue weighted by Gasteiger charge is -2.14. The molecule has 1 saturated heterocycles. The van der Waals surface area contributed by atoms with Crippen LogP contribution in [0, 0.1) is 6.92 Å². The molecule has 1 aliphatic rings. The van der Waals surface area contributed by atoms with Crippen molar-refractivity contribution in [2.75, 3.05) is 13.1 Å². The molecular formula is C16H18ClN3O2S. The number of nitrogens with two attached hydrogens (primary N) is 1. The highest BCUT2D eigenvalue weighted by atomic mass is 35.5. The highest BCUT2D eigenvalue weighted by molar-refractivity contribution is 7.13. The van der Waals surface area contributed by atoms with E-state index < -0.39 is 0 Å². The lowest BCUT2D eigenvalue weighted by Crippen LogP contribution is -2.31. The zero-order chi connectivity index (χ0) is 16.4. The molecule has 1 aromatic carbocycles. The quantitative estimate of drug-likeness (QED) is 0.919. The number of thiazole rings is 1. The molecule has 1 fully saturated rings. The first kappa shape index (κ1) is 16.2. The number of ether oxygens (including phenoxy) is 1. The molecule has 2 N–H and O–H groups in total. The monoisotopic (exact) mass is 351 g/mol.